The van der Waals surface area contributed by atoms with Crippen molar-refractivity contribution in [2.45, 2.75) is 32.9 Å². The number of hydrogen-bond donors (Lipinski definition) is 1. The summed E-state index contributed by atoms with van der Waals surface area (Å²) in [5, 5.41) is 11.4. The van der Waals surface area contributed by atoms with Crippen LogP contribution in [0.15, 0.2) is 24.3 Å². The van der Waals surface area contributed by atoms with Gasteiger partial charge in [0.1, 0.15) is 0 Å². The van der Waals surface area contributed by atoms with Crippen molar-refractivity contribution in [3.63, 3.8) is 0 Å². The number of aromatic nitrogens is 1. The van der Waals surface area contributed by atoms with Crippen LogP contribution in [0.5, 0.6) is 0 Å². The smallest absolute Gasteiger partial charge is 0.186 e. The third kappa shape index (κ3) is 3.14. The Bertz CT molecular complexity index is 597. The Morgan fingerprint density at radius 2 is 2.05 bits per heavy atom. The van der Waals surface area contributed by atoms with Gasteiger partial charge in [-0.15, -0.1) is 0 Å². The maximum Gasteiger partial charge on any atom is 0.186 e. The van der Waals surface area contributed by atoms with E-state index in [0.29, 0.717) is 0 Å². The summed E-state index contributed by atoms with van der Waals surface area (Å²) in [6.07, 6.45) is -0.476. The summed E-state index contributed by atoms with van der Waals surface area (Å²) in [6.45, 7) is 5.81. The predicted molar refractivity (Wildman–Crippen MR) is 85.8 cm³/mol. The lowest BCUT2D eigenvalue weighted by Crippen LogP contribution is -2.21. The standard InChI is InChI=1S/C15H19ClN2OS/c1-9-14(11(3)19)20-15(17-9)18(4)10(2)12-6-5-7-13(16)8-12/h5-8,10-11,19H,1-4H3. The molecule has 0 fully saturated rings. The zero-order chi connectivity index (χ0) is 14.9. The summed E-state index contributed by atoms with van der Waals surface area (Å²) >= 11 is 7.58. The first kappa shape index (κ1) is 15.3. The van der Waals surface area contributed by atoms with Gasteiger partial charge in [-0.3, -0.25) is 0 Å². The quantitative estimate of drug-likeness (QED) is 0.911. The van der Waals surface area contributed by atoms with E-state index in [1.54, 1.807) is 6.92 Å². The lowest BCUT2D eigenvalue weighted by molar-refractivity contribution is 0.202. The van der Waals surface area contributed by atoms with Crippen molar-refractivity contribution >= 4 is 28.1 Å². The van der Waals surface area contributed by atoms with Gasteiger partial charge in [0.2, 0.25) is 0 Å². The van der Waals surface area contributed by atoms with Crippen LogP contribution in [-0.4, -0.2) is 17.1 Å². The second-order valence-electron chi connectivity index (χ2n) is 4.96. The number of hydrogen-bond acceptors (Lipinski definition) is 4. The summed E-state index contributed by atoms with van der Waals surface area (Å²) in [4.78, 5) is 7.58. The van der Waals surface area contributed by atoms with Crippen molar-refractivity contribution in [3.05, 3.63) is 45.4 Å². The Morgan fingerprint density at radius 1 is 1.35 bits per heavy atom. The molecule has 0 saturated heterocycles. The fourth-order valence-electron chi connectivity index (χ4n) is 2.09. The van der Waals surface area contributed by atoms with Gasteiger partial charge in [-0.25, -0.2) is 4.98 Å². The molecule has 0 amide bonds. The summed E-state index contributed by atoms with van der Waals surface area (Å²) in [5.74, 6) is 0. The Labute approximate surface area is 128 Å². The minimum Gasteiger partial charge on any atom is -0.388 e. The molecule has 0 spiro atoms. The van der Waals surface area contributed by atoms with Crippen molar-refractivity contribution in [1.29, 1.82) is 0 Å². The van der Waals surface area contributed by atoms with Gasteiger partial charge in [0.05, 0.1) is 22.7 Å². The van der Waals surface area contributed by atoms with Gasteiger partial charge in [-0.1, -0.05) is 35.1 Å². The first-order valence-corrected chi connectivity index (χ1v) is 7.73. The van der Waals surface area contributed by atoms with Crippen LogP contribution in [-0.2, 0) is 0 Å². The number of aliphatic hydroxyl groups excluding tert-OH is 1. The van der Waals surface area contributed by atoms with Crippen LogP contribution < -0.4 is 4.90 Å². The van der Waals surface area contributed by atoms with Crippen LogP contribution in [0.4, 0.5) is 5.13 Å². The first-order chi connectivity index (χ1) is 9.40. The molecule has 2 aromatic rings. The molecule has 0 saturated carbocycles. The molecule has 1 aromatic heterocycles. The summed E-state index contributed by atoms with van der Waals surface area (Å²) in [6, 6.07) is 8.02. The highest BCUT2D eigenvalue weighted by Gasteiger charge is 2.19. The monoisotopic (exact) mass is 310 g/mol. The van der Waals surface area contributed by atoms with Crippen LogP contribution >= 0.6 is 22.9 Å². The van der Waals surface area contributed by atoms with E-state index in [-0.39, 0.29) is 6.04 Å². The minimum atomic E-state index is -0.476. The second-order valence-corrected chi connectivity index (χ2v) is 6.41. The predicted octanol–water partition coefficient (Wildman–Crippen LogP) is 4.36. The van der Waals surface area contributed by atoms with Crippen molar-refractivity contribution in [3.8, 4) is 0 Å². The fourth-order valence-corrected chi connectivity index (χ4v) is 3.33. The van der Waals surface area contributed by atoms with E-state index in [9.17, 15) is 5.11 Å². The normalized spacial score (nSPS) is 14.1. The number of thiazole rings is 1. The van der Waals surface area contributed by atoms with Gasteiger partial charge < -0.3 is 10.0 Å². The van der Waals surface area contributed by atoms with Gasteiger partial charge >= 0.3 is 0 Å². The van der Waals surface area contributed by atoms with Crippen molar-refractivity contribution in [2.75, 3.05) is 11.9 Å². The fraction of sp³-hybridized carbons (Fsp3) is 0.400. The molecule has 0 bridgehead atoms. The molecule has 5 heteroatoms. The number of benzene rings is 1. The number of aliphatic hydroxyl groups is 1. The molecule has 0 radical (unpaired) electrons. The van der Waals surface area contributed by atoms with Crippen LogP contribution in [0.3, 0.4) is 0 Å². The van der Waals surface area contributed by atoms with E-state index in [2.05, 4.69) is 22.9 Å². The summed E-state index contributed by atoms with van der Waals surface area (Å²) in [7, 11) is 2.01. The maximum atomic E-state index is 9.73. The number of aryl methyl sites for hydroxylation is 1. The van der Waals surface area contributed by atoms with Crippen LogP contribution in [0.25, 0.3) is 0 Å². The largest absolute Gasteiger partial charge is 0.388 e. The highest BCUT2D eigenvalue weighted by atomic mass is 35.5. The highest BCUT2D eigenvalue weighted by molar-refractivity contribution is 7.15. The molecule has 20 heavy (non-hydrogen) atoms. The summed E-state index contributed by atoms with van der Waals surface area (Å²) in [5.41, 5.74) is 2.04. The van der Waals surface area contributed by atoms with Crippen molar-refractivity contribution in [1.82, 2.24) is 4.98 Å². The van der Waals surface area contributed by atoms with E-state index >= 15 is 0 Å². The molecule has 2 unspecified atom stereocenters. The lowest BCUT2D eigenvalue weighted by atomic mass is 10.1. The average molecular weight is 311 g/mol. The minimum absolute atomic E-state index is 0.168. The van der Waals surface area contributed by atoms with Crippen LogP contribution in [0.2, 0.25) is 5.02 Å². The van der Waals surface area contributed by atoms with Crippen molar-refractivity contribution < 1.29 is 5.11 Å². The number of halogens is 1. The third-order valence-electron chi connectivity index (χ3n) is 3.41. The Kier molecular flexibility index (Phi) is 4.68. The van der Waals surface area contributed by atoms with Gasteiger partial charge in [-0.05, 0) is 38.5 Å². The molecule has 3 nitrogen and oxygen atoms in total. The summed E-state index contributed by atoms with van der Waals surface area (Å²) < 4.78 is 0. The second kappa shape index (κ2) is 6.12. The Hall–Kier alpha value is -1.10. The lowest BCUT2D eigenvalue weighted by Gasteiger charge is -2.24. The third-order valence-corrected chi connectivity index (χ3v) is 5.07. The molecule has 2 atom stereocenters. The van der Waals surface area contributed by atoms with E-state index in [0.717, 1.165) is 26.3 Å². The maximum absolute atomic E-state index is 9.73. The molecule has 0 aliphatic heterocycles. The van der Waals surface area contributed by atoms with E-state index in [4.69, 9.17) is 11.6 Å². The molecule has 0 aliphatic rings. The molecule has 1 N–H and O–H groups in total. The van der Waals surface area contributed by atoms with Crippen LogP contribution in [0, 0.1) is 6.92 Å². The van der Waals surface area contributed by atoms with E-state index in [1.807, 2.05) is 32.2 Å². The van der Waals surface area contributed by atoms with Gasteiger partial charge in [0.15, 0.2) is 5.13 Å². The zero-order valence-electron chi connectivity index (χ0n) is 12.1. The highest BCUT2D eigenvalue weighted by Crippen LogP contribution is 2.34. The number of rotatable bonds is 4. The topological polar surface area (TPSA) is 36.4 Å². The SMILES string of the molecule is Cc1nc(N(C)C(C)c2cccc(Cl)c2)sc1C(C)O. The number of nitrogens with zero attached hydrogens (tertiary/aromatic N) is 2. The van der Waals surface area contributed by atoms with Crippen molar-refractivity contribution in [2.24, 2.45) is 0 Å². The molecular weight excluding hydrogens is 292 g/mol. The molecule has 1 heterocycles. The van der Waals surface area contributed by atoms with Gasteiger partial charge in [0, 0.05) is 12.1 Å². The van der Waals surface area contributed by atoms with Gasteiger partial charge in [0.25, 0.3) is 0 Å². The zero-order valence-corrected chi connectivity index (χ0v) is 13.7. The molecule has 2 rings (SSSR count). The van der Waals surface area contributed by atoms with E-state index < -0.39 is 6.10 Å². The van der Waals surface area contributed by atoms with E-state index in [1.165, 1.54) is 11.3 Å². The first-order valence-electron chi connectivity index (χ1n) is 6.54. The van der Waals surface area contributed by atoms with Crippen LogP contribution in [0.1, 0.15) is 42.1 Å². The molecule has 108 valence electrons. The average Bonchev–Trinajstić information content (AvgIpc) is 2.79. The molecule has 1 aromatic carbocycles. The molecule has 0 aliphatic carbocycles. The Morgan fingerprint density at radius 3 is 2.60 bits per heavy atom. The Balaban J connectivity index is 2.26. The number of anilines is 1. The van der Waals surface area contributed by atoms with Gasteiger partial charge in [-0.2, -0.15) is 0 Å². The molecular formula is C15H19ClN2OS.